The van der Waals surface area contributed by atoms with Gasteiger partial charge in [-0.15, -0.1) is 0 Å². The third kappa shape index (κ3) is 3.16. The highest BCUT2D eigenvalue weighted by atomic mass is 16.3. The van der Waals surface area contributed by atoms with E-state index >= 15 is 0 Å². The molecule has 6 aromatic carbocycles. The number of aromatic nitrogens is 4. The topological polar surface area (TPSA) is 59.6 Å². The molecule has 43 heavy (non-hydrogen) atoms. The lowest BCUT2D eigenvalue weighted by molar-refractivity contribution is 0.651. The fourth-order valence-electron chi connectivity index (χ4n) is 6.79. The van der Waals surface area contributed by atoms with Gasteiger partial charge < -0.3 is 9.40 Å². The lowest BCUT2D eigenvalue weighted by Crippen LogP contribution is -2.02. The Morgan fingerprint density at radius 1 is 0.535 bits per heavy atom. The number of rotatable bonds is 2. The summed E-state index contributed by atoms with van der Waals surface area (Å²) in [7, 11) is 0. The molecule has 0 aliphatic heterocycles. The summed E-state index contributed by atoms with van der Waals surface area (Å²) < 4.78 is 8.59. The number of hydrogen-bond donors (Lipinski definition) is 1. The SMILES string of the molecule is c1ccc2cc(-c3nc(-n4c5ccccc5c5cc6[nH]c7ccccc7c6cc54)nc4oc5ccccc5c34)ccc2c1. The van der Waals surface area contributed by atoms with Crippen LogP contribution in [0.3, 0.4) is 0 Å². The smallest absolute Gasteiger partial charge is 0.238 e. The minimum absolute atomic E-state index is 0.577. The minimum Gasteiger partial charge on any atom is -0.437 e. The van der Waals surface area contributed by atoms with E-state index in [9.17, 15) is 0 Å². The molecule has 10 aromatic rings. The van der Waals surface area contributed by atoms with Gasteiger partial charge in [0.15, 0.2) is 0 Å². The van der Waals surface area contributed by atoms with E-state index in [2.05, 4.69) is 119 Å². The molecule has 200 valence electrons. The van der Waals surface area contributed by atoms with E-state index in [0.717, 1.165) is 60.5 Å². The fraction of sp³-hybridized carbons (Fsp3) is 0. The Kier molecular flexibility index (Phi) is 4.39. The number of nitrogens with zero attached hydrogens (tertiary/aromatic N) is 3. The second-order valence-electron chi connectivity index (χ2n) is 11.2. The highest BCUT2D eigenvalue weighted by Gasteiger charge is 2.21. The van der Waals surface area contributed by atoms with Crippen LogP contribution in [-0.2, 0) is 0 Å². The van der Waals surface area contributed by atoms with Crippen molar-refractivity contribution < 1.29 is 4.42 Å². The number of nitrogens with one attached hydrogen (secondary N) is 1. The van der Waals surface area contributed by atoms with Crippen molar-refractivity contribution in [3.63, 3.8) is 0 Å². The van der Waals surface area contributed by atoms with Crippen LogP contribution in [-0.4, -0.2) is 19.5 Å². The quantitative estimate of drug-likeness (QED) is 0.233. The maximum atomic E-state index is 6.41. The average molecular weight is 551 g/mol. The van der Waals surface area contributed by atoms with Gasteiger partial charge in [-0.3, -0.25) is 4.57 Å². The first kappa shape index (κ1) is 22.7. The number of aromatic amines is 1. The molecule has 0 bridgehead atoms. The Balaban J connectivity index is 1.35. The molecular formula is C38H22N4O. The molecule has 0 spiro atoms. The molecule has 0 saturated carbocycles. The van der Waals surface area contributed by atoms with E-state index in [1.165, 1.54) is 21.5 Å². The van der Waals surface area contributed by atoms with Crippen LogP contribution >= 0.6 is 0 Å². The van der Waals surface area contributed by atoms with E-state index in [1.807, 2.05) is 18.2 Å². The number of hydrogen-bond acceptors (Lipinski definition) is 3. The van der Waals surface area contributed by atoms with Crippen LogP contribution < -0.4 is 0 Å². The van der Waals surface area contributed by atoms with Gasteiger partial charge >= 0.3 is 0 Å². The first-order valence-electron chi connectivity index (χ1n) is 14.4. The molecule has 0 fully saturated rings. The normalized spacial score (nSPS) is 12.2. The predicted octanol–water partition coefficient (Wildman–Crippen LogP) is 9.93. The Morgan fingerprint density at radius 2 is 1.30 bits per heavy atom. The molecule has 1 N–H and O–H groups in total. The monoisotopic (exact) mass is 550 g/mol. The molecular weight excluding hydrogens is 528 g/mol. The Morgan fingerprint density at radius 3 is 2.23 bits per heavy atom. The molecule has 10 rings (SSSR count). The maximum absolute atomic E-state index is 6.41. The fourth-order valence-corrected chi connectivity index (χ4v) is 6.79. The van der Waals surface area contributed by atoms with Crippen molar-refractivity contribution in [2.45, 2.75) is 0 Å². The van der Waals surface area contributed by atoms with Crippen LogP contribution in [0.1, 0.15) is 0 Å². The van der Waals surface area contributed by atoms with Gasteiger partial charge in [0.05, 0.1) is 22.1 Å². The second kappa shape index (κ2) is 8.30. The number of para-hydroxylation sites is 3. The molecule has 0 unspecified atom stereocenters. The van der Waals surface area contributed by atoms with Crippen LogP contribution in [0.25, 0.3) is 93.7 Å². The van der Waals surface area contributed by atoms with Crippen LogP contribution in [0.4, 0.5) is 0 Å². The van der Waals surface area contributed by atoms with Crippen molar-refractivity contribution in [1.29, 1.82) is 0 Å². The predicted molar refractivity (Wildman–Crippen MR) is 176 cm³/mol. The number of H-pyrrole nitrogens is 1. The second-order valence-corrected chi connectivity index (χ2v) is 11.2. The molecule has 5 heteroatoms. The van der Waals surface area contributed by atoms with Crippen molar-refractivity contribution in [2.24, 2.45) is 0 Å². The van der Waals surface area contributed by atoms with Crippen LogP contribution in [0.2, 0.25) is 0 Å². The highest BCUT2D eigenvalue weighted by molar-refractivity contribution is 6.18. The van der Waals surface area contributed by atoms with Crippen molar-refractivity contribution >= 4 is 76.5 Å². The van der Waals surface area contributed by atoms with Crippen molar-refractivity contribution in [3.8, 4) is 17.2 Å². The van der Waals surface area contributed by atoms with E-state index in [1.54, 1.807) is 0 Å². The van der Waals surface area contributed by atoms with Crippen LogP contribution in [0.15, 0.2) is 132 Å². The lowest BCUT2D eigenvalue weighted by atomic mass is 10.0. The first-order valence-corrected chi connectivity index (χ1v) is 14.4. The summed E-state index contributed by atoms with van der Waals surface area (Å²) in [4.78, 5) is 14.1. The Bertz CT molecular complexity index is 2740. The van der Waals surface area contributed by atoms with Gasteiger partial charge in [0.25, 0.3) is 0 Å². The molecule has 4 heterocycles. The molecule has 0 saturated heterocycles. The number of furan rings is 1. The summed E-state index contributed by atoms with van der Waals surface area (Å²) in [5, 5.41) is 8.96. The summed E-state index contributed by atoms with van der Waals surface area (Å²) >= 11 is 0. The largest absolute Gasteiger partial charge is 0.437 e. The van der Waals surface area contributed by atoms with E-state index < -0.39 is 0 Å². The molecule has 0 amide bonds. The van der Waals surface area contributed by atoms with Gasteiger partial charge in [-0.1, -0.05) is 91.0 Å². The first-order chi connectivity index (χ1) is 21.3. The molecule has 0 radical (unpaired) electrons. The summed E-state index contributed by atoms with van der Waals surface area (Å²) in [6.45, 7) is 0. The minimum atomic E-state index is 0.577. The summed E-state index contributed by atoms with van der Waals surface area (Å²) in [6.07, 6.45) is 0. The maximum Gasteiger partial charge on any atom is 0.238 e. The van der Waals surface area contributed by atoms with E-state index in [0.29, 0.717) is 11.7 Å². The number of fused-ring (bicyclic) bond motifs is 10. The summed E-state index contributed by atoms with van der Waals surface area (Å²) in [5.41, 5.74) is 7.60. The van der Waals surface area contributed by atoms with E-state index in [-0.39, 0.29) is 0 Å². The molecule has 0 aliphatic carbocycles. The van der Waals surface area contributed by atoms with Crippen molar-refractivity contribution in [3.05, 3.63) is 127 Å². The van der Waals surface area contributed by atoms with Crippen LogP contribution in [0.5, 0.6) is 0 Å². The van der Waals surface area contributed by atoms with Crippen LogP contribution in [0, 0.1) is 0 Å². The Labute approximate surface area is 244 Å². The Hall–Kier alpha value is -5.94. The van der Waals surface area contributed by atoms with Crippen molar-refractivity contribution in [2.75, 3.05) is 0 Å². The lowest BCUT2D eigenvalue weighted by Gasteiger charge is -2.10. The average Bonchev–Trinajstić information content (AvgIpc) is 3.72. The number of benzene rings is 6. The third-order valence-electron chi connectivity index (χ3n) is 8.75. The van der Waals surface area contributed by atoms with E-state index in [4.69, 9.17) is 14.4 Å². The molecule has 4 aromatic heterocycles. The third-order valence-corrected chi connectivity index (χ3v) is 8.75. The molecule has 5 nitrogen and oxygen atoms in total. The zero-order valence-corrected chi connectivity index (χ0v) is 22.9. The summed E-state index contributed by atoms with van der Waals surface area (Å²) in [5.74, 6) is 0.583. The van der Waals surface area contributed by atoms with Gasteiger partial charge in [-0.2, -0.15) is 4.98 Å². The molecule has 0 aliphatic rings. The van der Waals surface area contributed by atoms with Gasteiger partial charge in [0.2, 0.25) is 11.7 Å². The zero-order valence-electron chi connectivity index (χ0n) is 22.9. The summed E-state index contributed by atoms with van der Waals surface area (Å²) in [6, 6.07) is 44.5. The van der Waals surface area contributed by atoms with Gasteiger partial charge in [-0.25, -0.2) is 4.98 Å². The van der Waals surface area contributed by atoms with Gasteiger partial charge in [0.1, 0.15) is 5.58 Å². The zero-order chi connectivity index (χ0) is 28.1. The molecule has 0 atom stereocenters. The van der Waals surface area contributed by atoms with Gasteiger partial charge in [0, 0.05) is 43.5 Å². The van der Waals surface area contributed by atoms with Gasteiger partial charge in [-0.05, 0) is 47.2 Å². The standard InChI is InChI=1S/C38H22N4O/c1-2-10-23-19-24(18-17-22(23)9-1)36-35-27-13-5-8-16-34(27)43-37(35)41-38(40-36)42-32-15-7-4-12-26(32)29-20-31-28(21-33(29)42)25-11-3-6-14-30(25)39-31/h1-21,39H. The highest BCUT2D eigenvalue weighted by Crippen LogP contribution is 2.39. The van der Waals surface area contributed by atoms with Crippen molar-refractivity contribution in [1.82, 2.24) is 19.5 Å².